The van der Waals surface area contributed by atoms with Crippen molar-refractivity contribution in [3.8, 4) is 0 Å². The molecule has 0 N–H and O–H groups in total. The van der Waals surface area contributed by atoms with Gasteiger partial charge in [-0.05, 0) is 41.8 Å². The fraction of sp³-hybridized carbons (Fsp3) is 0.0526. The minimum absolute atomic E-state index is 0.332. The molecule has 0 bridgehead atoms. The number of benzene rings is 1. The zero-order valence-corrected chi connectivity index (χ0v) is 15.7. The average Bonchev–Trinajstić information content (AvgIpc) is 3.35. The van der Waals surface area contributed by atoms with Gasteiger partial charge in [0.15, 0.2) is 0 Å². The summed E-state index contributed by atoms with van der Waals surface area (Å²) in [7, 11) is 0. The monoisotopic (exact) mass is 401 g/mol. The number of thioether (sulfide) groups is 1. The quantitative estimate of drug-likeness (QED) is 0.550. The summed E-state index contributed by atoms with van der Waals surface area (Å²) in [5.41, 5.74) is 0.900. The van der Waals surface area contributed by atoms with E-state index >= 15 is 0 Å². The number of hydrogen-bond donors (Lipinski definition) is 0. The Morgan fingerprint density at radius 1 is 1.08 bits per heavy atom. The number of hydrogen-bond acceptors (Lipinski definition) is 5. The number of rotatable bonds is 5. The van der Waals surface area contributed by atoms with Gasteiger partial charge >= 0.3 is 0 Å². The fourth-order valence-electron chi connectivity index (χ4n) is 2.67. The molecule has 3 aromatic rings. The minimum Gasteiger partial charge on any atom is -0.468 e. The molecule has 0 spiro atoms. The molecule has 0 unspecified atom stereocenters. The zero-order chi connectivity index (χ0) is 18.1. The van der Waals surface area contributed by atoms with Crippen molar-refractivity contribution < 1.29 is 14.0 Å². The molecule has 0 aliphatic carbocycles. The van der Waals surface area contributed by atoms with E-state index in [9.17, 15) is 9.59 Å². The van der Waals surface area contributed by atoms with Gasteiger partial charge in [0.25, 0.3) is 11.8 Å². The Morgan fingerprint density at radius 3 is 2.65 bits per heavy atom. The molecule has 130 valence electrons. The lowest BCUT2D eigenvalue weighted by Gasteiger charge is -2.15. The number of thiophene rings is 1. The lowest BCUT2D eigenvalue weighted by molar-refractivity contribution is -0.119. The lowest BCUT2D eigenvalue weighted by Crippen LogP contribution is -2.31. The molecule has 0 saturated heterocycles. The van der Waals surface area contributed by atoms with E-state index < -0.39 is 0 Å². The molecular weight excluding hydrogens is 390 g/mol. The third-order valence-electron chi connectivity index (χ3n) is 3.81. The minimum atomic E-state index is -0.336. The van der Waals surface area contributed by atoms with Crippen LogP contribution in [0.2, 0.25) is 5.02 Å². The molecule has 2 aromatic heterocycles. The molecule has 7 heteroatoms. The van der Waals surface area contributed by atoms with E-state index in [0.29, 0.717) is 26.9 Å². The smallest absolute Gasteiger partial charge is 0.272 e. The van der Waals surface area contributed by atoms with Crippen LogP contribution >= 0.6 is 34.7 Å². The number of nitrogens with zero attached hydrogens (tertiary/aromatic N) is 1. The van der Waals surface area contributed by atoms with E-state index in [1.165, 1.54) is 28.0 Å². The van der Waals surface area contributed by atoms with E-state index in [-0.39, 0.29) is 11.8 Å². The topological polar surface area (TPSA) is 50.5 Å². The number of furan rings is 1. The molecule has 1 aliphatic rings. The summed E-state index contributed by atoms with van der Waals surface area (Å²) in [6.45, 7) is 0. The second kappa shape index (κ2) is 7.15. The van der Waals surface area contributed by atoms with Crippen LogP contribution in [0, 0.1) is 0 Å². The predicted molar refractivity (Wildman–Crippen MR) is 105 cm³/mol. The first kappa shape index (κ1) is 17.1. The van der Waals surface area contributed by atoms with Gasteiger partial charge in [-0.25, -0.2) is 4.90 Å². The highest BCUT2D eigenvalue weighted by molar-refractivity contribution is 8.03. The van der Waals surface area contributed by atoms with Crippen LogP contribution in [0.1, 0.15) is 10.6 Å². The number of amides is 2. The predicted octanol–water partition coefficient (Wildman–Crippen LogP) is 5.21. The summed E-state index contributed by atoms with van der Waals surface area (Å²) in [5, 5.41) is 2.36. The van der Waals surface area contributed by atoms with Crippen molar-refractivity contribution in [1.29, 1.82) is 0 Å². The number of carbonyl (C=O) groups excluding carboxylic acids is 2. The summed E-state index contributed by atoms with van der Waals surface area (Å²) < 4.78 is 5.34. The van der Waals surface area contributed by atoms with Gasteiger partial charge in [-0.1, -0.05) is 23.7 Å². The van der Waals surface area contributed by atoms with Crippen molar-refractivity contribution in [2.24, 2.45) is 0 Å². The van der Waals surface area contributed by atoms with E-state index in [0.717, 1.165) is 10.6 Å². The second-order valence-corrected chi connectivity index (χ2v) is 7.84. The Kier molecular flexibility index (Phi) is 4.72. The highest BCUT2D eigenvalue weighted by Crippen LogP contribution is 2.41. The SMILES string of the molecule is O=C1C(SCc2ccco2)=C(c2cccs2)C(=O)N1c1cccc(Cl)c1. The molecule has 1 aromatic carbocycles. The van der Waals surface area contributed by atoms with Crippen LogP contribution in [0.15, 0.2) is 69.5 Å². The van der Waals surface area contributed by atoms with Gasteiger partial charge in [0.2, 0.25) is 0 Å². The highest BCUT2D eigenvalue weighted by atomic mass is 35.5. The first-order valence-electron chi connectivity index (χ1n) is 7.73. The molecule has 0 atom stereocenters. The largest absolute Gasteiger partial charge is 0.468 e. The van der Waals surface area contributed by atoms with E-state index in [4.69, 9.17) is 16.0 Å². The summed E-state index contributed by atoms with van der Waals surface area (Å²) in [6, 6.07) is 14.1. The Bertz CT molecular complexity index is 994. The van der Waals surface area contributed by atoms with Crippen LogP contribution in [0.5, 0.6) is 0 Å². The Morgan fingerprint density at radius 2 is 1.96 bits per heavy atom. The summed E-state index contributed by atoms with van der Waals surface area (Å²) in [4.78, 5) is 28.5. The zero-order valence-electron chi connectivity index (χ0n) is 13.3. The van der Waals surface area contributed by atoms with Crippen LogP contribution in [-0.2, 0) is 15.3 Å². The first-order valence-corrected chi connectivity index (χ1v) is 9.97. The van der Waals surface area contributed by atoms with Gasteiger partial charge < -0.3 is 4.42 Å². The molecular formula is C19H12ClNO3S2. The van der Waals surface area contributed by atoms with Gasteiger partial charge in [-0.15, -0.1) is 23.1 Å². The van der Waals surface area contributed by atoms with Crippen LogP contribution < -0.4 is 4.90 Å². The standard InChI is InChI=1S/C19H12ClNO3S2/c20-12-4-1-5-13(10-12)21-18(22)16(15-7-3-9-25-15)17(19(21)23)26-11-14-6-2-8-24-14/h1-10H,11H2. The summed E-state index contributed by atoms with van der Waals surface area (Å²) in [6.07, 6.45) is 1.59. The molecule has 1 aliphatic heterocycles. The van der Waals surface area contributed by atoms with E-state index in [1.807, 2.05) is 23.6 Å². The molecule has 3 heterocycles. The molecule has 0 radical (unpaired) electrons. The van der Waals surface area contributed by atoms with E-state index in [1.54, 1.807) is 36.6 Å². The maximum absolute atomic E-state index is 13.1. The van der Waals surface area contributed by atoms with E-state index in [2.05, 4.69) is 0 Å². The summed E-state index contributed by atoms with van der Waals surface area (Å²) >= 11 is 8.78. The molecule has 4 rings (SSSR count). The van der Waals surface area contributed by atoms with Crippen LogP contribution in [-0.4, -0.2) is 11.8 Å². The molecule has 2 amide bonds. The Balaban J connectivity index is 1.73. The van der Waals surface area contributed by atoms with Gasteiger partial charge in [0.1, 0.15) is 5.76 Å². The van der Waals surface area contributed by atoms with Crippen molar-refractivity contribution in [2.45, 2.75) is 5.75 Å². The van der Waals surface area contributed by atoms with Gasteiger partial charge in [0.05, 0.1) is 28.2 Å². The number of halogens is 1. The molecule has 0 saturated carbocycles. The fourth-order valence-corrected chi connectivity index (χ4v) is 4.69. The normalized spacial score (nSPS) is 14.6. The number of imide groups is 1. The van der Waals surface area contributed by atoms with Crippen molar-refractivity contribution in [3.63, 3.8) is 0 Å². The van der Waals surface area contributed by atoms with Crippen molar-refractivity contribution in [1.82, 2.24) is 0 Å². The molecule has 26 heavy (non-hydrogen) atoms. The second-order valence-electron chi connectivity index (χ2n) is 5.48. The van der Waals surface area contributed by atoms with Crippen molar-refractivity contribution in [2.75, 3.05) is 4.90 Å². The maximum atomic E-state index is 13.1. The maximum Gasteiger partial charge on any atom is 0.272 e. The third kappa shape index (κ3) is 3.11. The van der Waals surface area contributed by atoms with Crippen LogP contribution in [0.3, 0.4) is 0 Å². The van der Waals surface area contributed by atoms with Gasteiger partial charge in [-0.2, -0.15) is 0 Å². The van der Waals surface area contributed by atoms with Crippen molar-refractivity contribution >= 4 is 57.8 Å². The highest BCUT2D eigenvalue weighted by Gasteiger charge is 2.40. The summed E-state index contributed by atoms with van der Waals surface area (Å²) in [5.74, 6) is 0.549. The molecule has 0 fully saturated rings. The van der Waals surface area contributed by atoms with Gasteiger partial charge in [-0.3, -0.25) is 9.59 Å². The Hall–Kier alpha value is -2.28. The van der Waals surface area contributed by atoms with Crippen LogP contribution in [0.25, 0.3) is 5.57 Å². The first-order chi connectivity index (χ1) is 12.6. The third-order valence-corrected chi connectivity index (χ3v) is 6.03. The van der Waals surface area contributed by atoms with Gasteiger partial charge in [0, 0.05) is 9.90 Å². The average molecular weight is 402 g/mol. The van der Waals surface area contributed by atoms with Crippen molar-refractivity contribution in [3.05, 3.63) is 80.7 Å². The molecule has 4 nitrogen and oxygen atoms in total. The van der Waals surface area contributed by atoms with Crippen LogP contribution in [0.4, 0.5) is 5.69 Å². The number of anilines is 1. The lowest BCUT2D eigenvalue weighted by atomic mass is 10.2. The Labute approximate surface area is 163 Å². The number of carbonyl (C=O) groups is 2.